The van der Waals surface area contributed by atoms with Crippen molar-refractivity contribution in [3.63, 3.8) is 0 Å². The van der Waals surface area contributed by atoms with Crippen LogP contribution in [0.2, 0.25) is 0 Å². The van der Waals surface area contributed by atoms with E-state index in [-0.39, 0.29) is 32.7 Å². The Labute approximate surface area is 241 Å². The van der Waals surface area contributed by atoms with E-state index in [9.17, 15) is 35.4 Å². The summed E-state index contributed by atoms with van der Waals surface area (Å²) in [6.45, 7) is 4.33. The van der Waals surface area contributed by atoms with E-state index in [2.05, 4.69) is 0 Å². The second-order valence-corrected chi connectivity index (χ2v) is 11.3. The van der Waals surface area contributed by atoms with Crippen LogP contribution in [0.25, 0.3) is 0 Å². The second kappa shape index (κ2) is 14.7. The van der Waals surface area contributed by atoms with Gasteiger partial charge in [0.2, 0.25) is 5.79 Å². The summed E-state index contributed by atoms with van der Waals surface area (Å²) in [6.07, 6.45) is 2.41. The summed E-state index contributed by atoms with van der Waals surface area (Å²) in [5, 5.41) is 61.8. The van der Waals surface area contributed by atoms with E-state index in [0.29, 0.717) is 24.0 Å². The summed E-state index contributed by atoms with van der Waals surface area (Å²) in [4.78, 5) is 12.4. The molecule has 0 radical (unpaired) electrons. The number of rotatable bonds is 11. The Morgan fingerprint density at radius 3 is 2.41 bits per heavy atom. The van der Waals surface area contributed by atoms with E-state index in [0.717, 1.165) is 5.57 Å². The molecule has 0 spiro atoms. The fraction of sp³-hybridized carbons (Fsp3) is 0.581. The van der Waals surface area contributed by atoms with Crippen LogP contribution in [0, 0.1) is 5.41 Å². The fourth-order valence-electron chi connectivity index (χ4n) is 5.18. The van der Waals surface area contributed by atoms with Crippen molar-refractivity contribution >= 4 is 5.97 Å². The van der Waals surface area contributed by atoms with E-state index in [4.69, 9.17) is 14.2 Å². The molecule has 10 nitrogen and oxygen atoms in total. The molecule has 10 heteroatoms. The predicted octanol–water partition coefficient (Wildman–Crippen LogP) is 1.78. The van der Waals surface area contributed by atoms with Crippen molar-refractivity contribution < 1.29 is 49.6 Å². The summed E-state index contributed by atoms with van der Waals surface area (Å²) in [7, 11) is 0. The van der Waals surface area contributed by atoms with Crippen LogP contribution in [-0.4, -0.2) is 98.8 Å². The highest BCUT2D eigenvalue weighted by molar-refractivity contribution is 5.89. The molecule has 2 aliphatic rings. The molecule has 3 rings (SSSR count). The van der Waals surface area contributed by atoms with E-state index in [1.54, 1.807) is 56.3 Å². The van der Waals surface area contributed by atoms with Gasteiger partial charge in [0.15, 0.2) is 0 Å². The Kier molecular flexibility index (Phi) is 11.8. The van der Waals surface area contributed by atoms with Crippen LogP contribution in [0.4, 0.5) is 0 Å². The summed E-state index contributed by atoms with van der Waals surface area (Å²) in [5.74, 6) is -2.59. The minimum Gasteiger partial charge on any atom is -0.459 e. The molecule has 2 aliphatic heterocycles. The molecule has 6 N–H and O–H groups in total. The normalized spacial score (nSPS) is 31.0. The first-order chi connectivity index (χ1) is 19.4. The van der Waals surface area contributed by atoms with Crippen molar-refractivity contribution in [3.8, 4) is 0 Å². The van der Waals surface area contributed by atoms with Gasteiger partial charge in [-0.3, -0.25) is 0 Å². The van der Waals surface area contributed by atoms with Gasteiger partial charge in [0.25, 0.3) is 0 Å². The smallest absolute Gasteiger partial charge is 0.338 e. The lowest BCUT2D eigenvalue weighted by atomic mass is 9.74. The fourth-order valence-corrected chi connectivity index (χ4v) is 5.18. The topological polar surface area (TPSA) is 166 Å². The molecule has 1 aromatic rings. The number of carbonyl (C=O) groups excluding carboxylic acids is 1. The Bertz CT molecular complexity index is 1080. The van der Waals surface area contributed by atoms with Gasteiger partial charge in [-0.15, -0.1) is 0 Å². The number of hydrogen-bond donors (Lipinski definition) is 6. The van der Waals surface area contributed by atoms with Gasteiger partial charge in [0.05, 0.1) is 49.3 Å². The van der Waals surface area contributed by atoms with Gasteiger partial charge in [-0.25, -0.2) is 4.79 Å². The first kappa shape index (κ1) is 33.1. The minimum atomic E-state index is -2.13. The Morgan fingerprint density at radius 1 is 1.10 bits per heavy atom. The third kappa shape index (κ3) is 8.56. The Hall–Kier alpha value is -2.41. The molecule has 0 amide bonds. The molecule has 228 valence electrons. The predicted molar refractivity (Wildman–Crippen MR) is 151 cm³/mol. The van der Waals surface area contributed by atoms with Crippen LogP contribution in [0.3, 0.4) is 0 Å². The molecular weight excluding hydrogens is 532 g/mol. The SMILES string of the molecule is C[C@@H](O)[C@H](O)C[C@@H]1CC(=CCO)[C@H](O)[C@](O)(C(C)(C)C=C[C@H]2CC(=CCO)C[C@@H](COC(=O)c3ccccc3)O2)O1. The molecule has 2 fully saturated rings. The maximum absolute atomic E-state index is 12.4. The second-order valence-electron chi connectivity index (χ2n) is 11.3. The van der Waals surface area contributed by atoms with Gasteiger partial charge in [-0.05, 0) is 43.9 Å². The summed E-state index contributed by atoms with van der Waals surface area (Å²) < 4.78 is 17.6. The number of ether oxygens (including phenoxy) is 3. The third-order valence-corrected chi connectivity index (χ3v) is 7.71. The quantitative estimate of drug-likeness (QED) is 0.169. The van der Waals surface area contributed by atoms with E-state index < -0.39 is 53.8 Å². The average Bonchev–Trinajstić information content (AvgIpc) is 2.94. The lowest BCUT2D eigenvalue weighted by molar-refractivity contribution is -0.325. The molecule has 0 aromatic heterocycles. The van der Waals surface area contributed by atoms with Crippen molar-refractivity contribution in [2.45, 2.75) is 88.9 Å². The first-order valence-electron chi connectivity index (χ1n) is 14.0. The standard InChI is InChI=1S/C31H44O10/c1-20(34)27(35)18-25-17-23(11-14-33)28(36)31(38,41-25)30(2,3)12-9-24-15-21(10-13-32)16-26(40-24)19-39-29(37)22-7-5-4-6-8-22/h4-12,20,24-28,32-36,38H,13-19H2,1-3H3/t20-,24+,25+,26+,27-,28+,31-/m1/s1. The molecule has 41 heavy (non-hydrogen) atoms. The number of carbonyl (C=O) groups is 1. The number of aliphatic hydroxyl groups excluding tert-OH is 5. The molecule has 0 aliphatic carbocycles. The molecule has 2 saturated heterocycles. The highest BCUT2D eigenvalue weighted by Gasteiger charge is 2.54. The minimum absolute atomic E-state index is 0.0125. The molecule has 2 heterocycles. The van der Waals surface area contributed by atoms with Crippen LogP contribution in [0.1, 0.15) is 56.8 Å². The lowest BCUT2D eigenvalue weighted by Gasteiger charge is -2.50. The number of aliphatic hydroxyl groups is 6. The van der Waals surface area contributed by atoms with Crippen molar-refractivity contribution in [3.05, 3.63) is 71.3 Å². The zero-order chi connectivity index (χ0) is 30.2. The van der Waals surface area contributed by atoms with E-state index in [1.165, 1.54) is 13.0 Å². The van der Waals surface area contributed by atoms with Crippen molar-refractivity contribution in [1.82, 2.24) is 0 Å². The van der Waals surface area contributed by atoms with Crippen LogP contribution < -0.4 is 0 Å². The maximum Gasteiger partial charge on any atom is 0.338 e. The molecule has 0 bridgehead atoms. The van der Waals surface area contributed by atoms with Gasteiger partial charge in [-0.1, -0.05) is 61.9 Å². The van der Waals surface area contributed by atoms with Crippen molar-refractivity contribution in [2.24, 2.45) is 5.41 Å². The van der Waals surface area contributed by atoms with Gasteiger partial charge in [0, 0.05) is 11.8 Å². The van der Waals surface area contributed by atoms with E-state index >= 15 is 0 Å². The largest absolute Gasteiger partial charge is 0.459 e. The van der Waals surface area contributed by atoms with Gasteiger partial charge >= 0.3 is 5.97 Å². The highest BCUT2D eigenvalue weighted by Crippen LogP contribution is 2.45. The van der Waals surface area contributed by atoms with E-state index in [1.807, 2.05) is 6.07 Å². The van der Waals surface area contributed by atoms with Crippen LogP contribution in [0.5, 0.6) is 0 Å². The highest BCUT2D eigenvalue weighted by atomic mass is 16.6. The number of esters is 1. The summed E-state index contributed by atoms with van der Waals surface area (Å²) >= 11 is 0. The van der Waals surface area contributed by atoms with Gasteiger partial charge < -0.3 is 44.8 Å². The first-order valence-corrected chi connectivity index (χ1v) is 14.0. The Morgan fingerprint density at radius 2 is 1.78 bits per heavy atom. The van der Waals surface area contributed by atoms with Crippen LogP contribution in [-0.2, 0) is 14.2 Å². The monoisotopic (exact) mass is 576 g/mol. The Balaban J connectivity index is 1.77. The molecular formula is C31H44O10. The number of benzene rings is 1. The van der Waals surface area contributed by atoms with Crippen molar-refractivity contribution in [1.29, 1.82) is 0 Å². The average molecular weight is 577 g/mol. The zero-order valence-electron chi connectivity index (χ0n) is 23.9. The van der Waals surface area contributed by atoms with Crippen LogP contribution in [0.15, 0.2) is 65.8 Å². The molecule has 1 aromatic carbocycles. The maximum atomic E-state index is 12.4. The lowest BCUT2D eigenvalue weighted by Crippen LogP contribution is -2.60. The van der Waals surface area contributed by atoms with Gasteiger partial charge in [-0.2, -0.15) is 0 Å². The third-order valence-electron chi connectivity index (χ3n) is 7.71. The number of hydrogen-bond acceptors (Lipinski definition) is 10. The van der Waals surface area contributed by atoms with Crippen molar-refractivity contribution in [2.75, 3.05) is 19.8 Å². The molecule has 7 atom stereocenters. The summed E-state index contributed by atoms with van der Waals surface area (Å²) in [5.41, 5.74) is 0.542. The molecule has 0 unspecified atom stereocenters. The van der Waals surface area contributed by atoms with Gasteiger partial charge in [0.1, 0.15) is 12.7 Å². The van der Waals surface area contributed by atoms with Crippen LogP contribution >= 0.6 is 0 Å². The summed E-state index contributed by atoms with van der Waals surface area (Å²) in [6, 6.07) is 8.64. The molecule has 0 saturated carbocycles. The zero-order valence-corrected chi connectivity index (χ0v) is 23.9.